The molecule has 1 aliphatic rings. The van der Waals surface area contributed by atoms with Crippen LogP contribution in [-0.4, -0.2) is 40.3 Å². The number of rotatable bonds is 5. The van der Waals surface area contributed by atoms with Crippen LogP contribution in [0.1, 0.15) is 24.4 Å². The lowest BCUT2D eigenvalue weighted by Crippen LogP contribution is -2.24. The van der Waals surface area contributed by atoms with Crippen molar-refractivity contribution in [2.45, 2.75) is 18.9 Å². The van der Waals surface area contributed by atoms with E-state index in [1.165, 1.54) is 12.1 Å². The van der Waals surface area contributed by atoms with Crippen LogP contribution in [0.5, 0.6) is 11.5 Å². The summed E-state index contributed by atoms with van der Waals surface area (Å²) in [5.41, 5.74) is 2.62. The minimum atomic E-state index is -0.459. The van der Waals surface area contributed by atoms with Crippen LogP contribution in [0.25, 0.3) is 28.2 Å². The number of hydrogen-bond donors (Lipinski definition) is 0. The highest BCUT2D eigenvalue weighted by molar-refractivity contribution is 5.83. The third-order valence-corrected chi connectivity index (χ3v) is 6.34. The number of oxazole rings is 1. The molecule has 0 aliphatic carbocycles. The molecule has 5 aromatic rings. The second-order valence-electron chi connectivity index (χ2n) is 8.32. The molecule has 3 aromatic heterocycles. The molecule has 0 amide bonds. The number of aromatic nitrogens is 4. The number of nitrogens with zero attached hydrogens (tertiary/aromatic N) is 5. The van der Waals surface area contributed by atoms with Crippen molar-refractivity contribution < 1.29 is 22.7 Å². The maximum atomic E-state index is 14.5. The summed E-state index contributed by atoms with van der Waals surface area (Å²) in [6.07, 6.45) is 4.97. The van der Waals surface area contributed by atoms with E-state index in [2.05, 4.69) is 10.1 Å². The van der Waals surface area contributed by atoms with Crippen molar-refractivity contribution in [2.24, 2.45) is 0 Å². The topological polar surface area (TPSA) is 77.9 Å². The summed E-state index contributed by atoms with van der Waals surface area (Å²) >= 11 is 0. The van der Waals surface area contributed by atoms with Crippen molar-refractivity contribution in [3.05, 3.63) is 66.0 Å². The van der Waals surface area contributed by atoms with Crippen molar-refractivity contribution in [1.82, 2.24) is 19.6 Å². The van der Waals surface area contributed by atoms with Crippen molar-refractivity contribution in [3.63, 3.8) is 0 Å². The van der Waals surface area contributed by atoms with Crippen LogP contribution in [-0.2, 0) is 0 Å². The predicted molar refractivity (Wildman–Crippen MR) is 125 cm³/mol. The average molecular weight is 477 g/mol. The lowest BCUT2D eigenvalue weighted by atomic mass is 10.0. The van der Waals surface area contributed by atoms with Crippen molar-refractivity contribution in [1.29, 1.82) is 0 Å². The lowest BCUT2D eigenvalue weighted by molar-refractivity contribution is 0.355. The van der Waals surface area contributed by atoms with E-state index in [1.807, 2.05) is 11.0 Å². The Balaban J connectivity index is 1.42. The zero-order valence-corrected chi connectivity index (χ0v) is 19.0. The Morgan fingerprint density at radius 1 is 1.03 bits per heavy atom. The largest absolute Gasteiger partial charge is 0.493 e. The smallest absolute Gasteiger partial charge is 0.232 e. The van der Waals surface area contributed by atoms with E-state index in [9.17, 15) is 8.78 Å². The molecule has 2 aromatic carbocycles. The normalized spacial score (nSPS) is 15.9. The van der Waals surface area contributed by atoms with E-state index in [0.29, 0.717) is 64.0 Å². The average Bonchev–Trinajstić information content (AvgIpc) is 3.61. The van der Waals surface area contributed by atoms with Gasteiger partial charge in [-0.1, -0.05) is 0 Å². The summed E-state index contributed by atoms with van der Waals surface area (Å²) in [5, 5.41) is 4.38. The first-order chi connectivity index (χ1) is 17.1. The third-order valence-electron chi connectivity index (χ3n) is 6.34. The fourth-order valence-electron chi connectivity index (χ4n) is 4.67. The minimum Gasteiger partial charge on any atom is -0.493 e. The van der Waals surface area contributed by atoms with Crippen molar-refractivity contribution in [2.75, 3.05) is 25.7 Å². The summed E-state index contributed by atoms with van der Waals surface area (Å²) in [5.74, 6) is 1.19. The number of ether oxygens (including phenoxy) is 2. The molecular weight excluding hydrogens is 456 g/mol. The molecule has 0 N–H and O–H groups in total. The van der Waals surface area contributed by atoms with Gasteiger partial charge in [-0.25, -0.2) is 23.3 Å². The first-order valence-electron chi connectivity index (χ1n) is 11.1. The van der Waals surface area contributed by atoms with Crippen LogP contribution in [0.4, 0.5) is 14.6 Å². The first kappa shape index (κ1) is 21.3. The molecule has 35 heavy (non-hydrogen) atoms. The fraction of sp³-hybridized carbons (Fsp3) is 0.240. The van der Waals surface area contributed by atoms with Crippen molar-refractivity contribution in [3.8, 4) is 23.0 Å². The summed E-state index contributed by atoms with van der Waals surface area (Å²) in [6, 6.07) is 8.54. The molecule has 0 bridgehead atoms. The van der Waals surface area contributed by atoms with Gasteiger partial charge in [-0.3, -0.25) is 0 Å². The Morgan fingerprint density at radius 3 is 2.69 bits per heavy atom. The summed E-state index contributed by atoms with van der Waals surface area (Å²) in [7, 11) is 3.11. The van der Waals surface area contributed by atoms with Crippen LogP contribution in [0.2, 0.25) is 0 Å². The van der Waals surface area contributed by atoms with Gasteiger partial charge < -0.3 is 18.8 Å². The number of hydrogen-bond acceptors (Lipinski definition) is 7. The van der Waals surface area contributed by atoms with Gasteiger partial charge >= 0.3 is 0 Å². The molecular formula is C25H21F2N5O3. The molecule has 8 nitrogen and oxygen atoms in total. The number of fused-ring (bicyclic) bond motifs is 2. The van der Waals surface area contributed by atoms with Crippen LogP contribution < -0.4 is 14.4 Å². The van der Waals surface area contributed by atoms with Crippen molar-refractivity contribution >= 4 is 22.6 Å². The molecule has 1 fully saturated rings. The number of halogens is 2. The standard InChI is InChI=1S/C25H21F2N5O3/c1-33-21-11-18-20(12-22(21)34-2)35-25(29-18)16-13-28-32-9-7-23(30-24(16)32)31-8-3-4-19(31)15-10-14(26)5-6-17(15)27/h5-7,9-13,19H,3-4,8H2,1-2H3/t19-/m1/s1. The molecule has 1 saturated heterocycles. The second kappa shape index (κ2) is 8.23. The van der Waals surface area contributed by atoms with Gasteiger partial charge in [-0.2, -0.15) is 5.10 Å². The zero-order valence-electron chi connectivity index (χ0n) is 19.0. The van der Waals surface area contributed by atoms with Gasteiger partial charge in [0.2, 0.25) is 5.89 Å². The molecule has 1 atom stereocenters. The van der Waals surface area contributed by atoms with E-state index in [4.69, 9.17) is 18.9 Å². The van der Waals surface area contributed by atoms with Gasteiger partial charge in [0.15, 0.2) is 22.7 Å². The van der Waals surface area contributed by atoms with Gasteiger partial charge in [0.25, 0.3) is 0 Å². The fourth-order valence-corrected chi connectivity index (χ4v) is 4.67. The summed E-state index contributed by atoms with van der Waals surface area (Å²) < 4.78 is 46.8. The maximum Gasteiger partial charge on any atom is 0.232 e. The SMILES string of the molecule is COc1cc2nc(-c3cnn4ccc(N5CCC[C@@H]5c5cc(F)ccc5F)nc34)oc2cc1OC. The molecule has 0 spiro atoms. The van der Waals surface area contributed by atoms with Gasteiger partial charge in [0, 0.05) is 30.4 Å². The van der Waals surface area contributed by atoms with E-state index in [1.54, 1.807) is 43.3 Å². The second-order valence-corrected chi connectivity index (χ2v) is 8.32. The molecule has 1 aliphatic heterocycles. The van der Waals surface area contributed by atoms with Crippen LogP contribution in [0.15, 0.2) is 53.2 Å². The molecule has 10 heteroatoms. The van der Waals surface area contributed by atoms with Crippen LogP contribution in [0, 0.1) is 11.6 Å². The van der Waals surface area contributed by atoms with Gasteiger partial charge in [-0.05, 0) is 37.1 Å². The molecule has 6 rings (SSSR count). The summed E-state index contributed by atoms with van der Waals surface area (Å²) in [4.78, 5) is 11.4. The summed E-state index contributed by atoms with van der Waals surface area (Å²) in [6.45, 7) is 0.676. The highest BCUT2D eigenvalue weighted by Crippen LogP contribution is 2.38. The maximum absolute atomic E-state index is 14.5. The van der Waals surface area contributed by atoms with Crippen LogP contribution >= 0.6 is 0 Å². The van der Waals surface area contributed by atoms with E-state index in [0.717, 1.165) is 12.5 Å². The third kappa shape index (κ3) is 3.52. The molecule has 4 heterocycles. The molecule has 0 unspecified atom stereocenters. The Morgan fingerprint density at radius 2 is 1.86 bits per heavy atom. The molecule has 0 radical (unpaired) electrons. The van der Waals surface area contributed by atoms with E-state index >= 15 is 0 Å². The van der Waals surface area contributed by atoms with E-state index in [-0.39, 0.29) is 6.04 Å². The van der Waals surface area contributed by atoms with Gasteiger partial charge in [0.05, 0.1) is 26.5 Å². The van der Waals surface area contributed by atoms with Crippen LogP contribution in [0.3, 0.4) is 0 Å². The Bertz CT molecular complexity index is 1520. The number of benzene rings is 2. The zero-order chi connectivity index (χ0) is 24.1. The Labute approximate surface area is 198 Å². The molecule has 178 valence electrons. The Hall–Kier alpha value is -4.21. The predicted octanol–water partition coefficient (Wildman–Crippen LogP) is 5.17. The monoisotopic (exact) mass is 477 g/mol. The quantitative estimate of drug-likeness (QED) is 0.345. The molecule has 0 saturated carbocycles. The first-order valence-corrected chi connectivity index (χ1v) is 11.1. The Kier molecular flexibility index (Phi) is 5.01. The number of anilines is 1. The van der Waals surface area contributed by atoms with E-state index < -0.39 is 11.6 Å². The highest BCUT2D eigenvalue weighted by atomic mass is 19.1. The highest BCUT2D eigenvalue weighted by Gasteiger charge is 2.30. The van der Waals surface area contributed by atoms with Gasteiger partial charge in [0.1, 0.15) is 28.5 Å². The minimum absolute atomic E-state index is 0.309. The van der Waals surface area contributed by atoms with Gasteiger partial charge in [-0.15, -0.1) is 0 Å². The number of methoxy groups -OCH3 is 2. The lowest BCUT2D eigenvalue weighted by Gasteiger charge is -2.26.